The van der Waals surface area contributed by atoms with Gasteiger partial charge in [-0.25, -0.2) is 4.79 Å². The maximum atomic E-state index is 11.9. The van der Waals surface area contributed by atoms with Crippen LogP contribution >= 0.6 is 23.4 Å². The molecule has 0 radical (unpaired) electrons. The van der Waals surface area contributed by atoms with Crippen molar-refractivity contribution in [3.05, 3.63) is 75.2 Å². The fourth-order valence-electron chi connectivity index (χ4n) is 3.23. The number of nitrogens with one attached hydrogen (secondary N) is 1. The SMILES string of the molecule is Cc1cc2oc(=O)cc(CSc3nnc(-c4c[nH]c5ccccc45)o3)c2cc1Cl. The number of nitrogens with zero attached hydrogens (tertiary/aromatic N) is 2. The van der Waals surface area contributed by atoms with Crippen LogP contribution in [0.15, 0.2) is 67.5 Å². The number of aryl methyl sites for hydroxylation is 1. The fourth-order valence-corrected chi connectivity index (χ4v) is 4.15. The first kappa shape index (κ1) is 18.0. The van der Waals surface area contributed by atoms with Crippen molar-refractivity contribution in [3.8, 4) is 11.5 Å². The number of thioether (sulfide) groups is 1. The molecule has 8 heteroatoms. The predicted molar refractivity (Wildman–Crippen MR) is 113 cm³/mol. The van der Waals surface area contributed by atoms with E-state index < -0.39 is 5.63 Å². The molecule has 3 aromatic heterocycles. The highest BCUT2D eigenvalue weighted by atomic mass is 35.5. The number of halogens is 1. The van der Waals surface area contributed by atoms with Crippen LogP contribution in [0.4, 0.5) is 0 Å². The van der Waals surface area contributed by atoms with E-state index in [1.807, 2.05) is 43.5 Å². The monoisotopic (exact) mass is 423 g/mol. The average Bonchev–Trinajstić information content (AvgIpc) is 3.34. The first-order chi connectivity index (χ1) is 14.1. The number of rotatable bonds is 4. The zero-order chi connectivity index (χ0) is 20.0. The largest absolute Gasteiger partial charge is 0.423 e. The van der Waals surface area contributed by atoms with Crippen LogP contribution in [0.3, 0.4) is 0 Å². The summed E-state index contributed by atoms with van der Waals surface area (Å²) >= 11 is 7.61. The van der Waals surface area contributed by atoms with Crippen molar-refractivity contribution in [1.29, 1.82) is 0 Å². The Kier molecular flexibility index (Phi) is 4.41. The highest BCUT2D eigenvalue weighted by molar-refractivity contribution is 7.98. The molecule has 144 valence electrons. The zero-order valence-corrected chi connectivity index (χ0v) is 16.8. The van der Waals surface area contributed by atoms with Crippen molar-refractivity contribution in [2.45, 2.75) is 17.9 Å². The Morgan fingerprint density at radius 3 is 2.86 bits per heavy atom. The standard InChI is InChI=1S/C21H14ClN3O3S/c1-11-6-18-14(8-16(11)22)12(7-19(26)27-18)10-29-21-25-24-20(28-21)15-9-23-17-5-3-2-4-13(15)17/h2-9,23H,10H2,1H3. The molecule has 0 aliphatic heterocycles. The molecule has 1 N–H and O–H groups in total. The van der Waals surface area contributed by atoms with Crippen LogP contribution < -0.4 is 5.63 Å². The normalized spacial score (nSPS) is 11.5. The van der Waals surface area contributed by atoms with Crippen LogP contribution in [-0.4, -0.2) is 15.2 Å². The van der Waals surface area contributed by atoms with E-state index in [-0.39, 0.29) is 0 Å². The summed E-state index contributed by atoms with van der Waals surface area (Å²) in [5, 5.41) is 11.2. The second-order valence-electron chi connectivity index (χ2n) is 6.60. The topological polar surface area (TPSA) is 84.9 Å². The number of H-pyrrole nitrogens is 1. The Morgan fingerprint density at radius 2 is 1.97 bits per heavy atom. The van der Waals surface area contributed by atoms with Gasteiger partial charge in [0.25, 0.3) is 11.1 Å². The predicted octanol–water partition coefficient (Wildman–Crippen LogP) is 5.58. The summed E-state index contributed by atoms with van der Waals surface area (Å²) in [6, 6.07) is 13.0. The molecule has 0 atom stereocenters. The number of hydrogen-bond donors (Lipinski definition) is 1. The van der Waals surface area contributed by atoms with E-state index >= 15 is 0 Å². The van der Waals surface area contributed by atoms with Gasteiger partial charge in [-0.05, 0) is 36.2 Å². The van der Waals surface area contributed by atoms with Crippen LogP contribution in [0.2, 0.25) is 5.02 Å². The molecule has 0 saturated carbocycles. The molecule has 0 unspecified atom stereocenters. The van der Waals surface area contributed by atoms with Crippen molar-refractivity contribution in [2.75, 3.05) is 0 Å². The van der Waals surface area contributed by atoms with E-state index in [4.69, 9.17) is 20.4 Å². The summed E-state index contributed by atoms with van der Waals surface area (Å²) in [6.45, 7) is 1.87. The van der Waals surface area contributed by atoms with Gasteiger partial charge in [0.2, 0.25) is 0 Å². The lowest BCUT2D eigenvalue weighted by atomic mass is 10.1. The summed E-state index contributed by atoms with van der Waals surface area (Å²) < 4.78 is 11.1. The number of benzene rings is 2. The number of para-hydroxylation sites is 1. The van der Waals surface area contributed by atoms with Gasteiger partial charge in [0, 0.05) is 39.3 Å². The first-order valence-corrected chi connectivity index (χ1v) is 10.2. The zero-order valence-electron chi connectivity index (χ0n) is 15.2. The molecule has 5 aromatic rings. The number of aromatic amines is 1. The van der Waals surface area contributed by atoms with E-state index in [9.17, 15) is 4.79 Å². The molecular weight excluding hydrogens is 410 g/mol. The van der Waals surface area contributed by atoms with Gasteiger partial charge in [-0.3, -0.25) is 0 Å². The van der Waals surface area contributed by atoms with Crippen LogP contribution in [0.25, 0.3) is 33.3 Å². The molecule has 3 heterocycles. The fraction of sp³-hybridized carbons (Fsp3) is 0.0952. The van der Waals surface area contributed by atoms with Crippen LogP contribution in [0, 0.1) is 6.92 Å². The van der Waals surface area contributed by atoms with Gasteiger partial charge in [0.1, 0.15) is 5.58 Å². The van der Waals surface area contributed by atoms with Gasteiger partial charge >= 0.3 is 5.63 Å². The Morgan fingerprint density at radius 1 is 1.10 bits per heavy atom. The second kappa shape index (κ2) is 7.09. The summed E-state index contributed by atoms with van der Waals surface area (Å²) in [6.07, 6.45) is 1.85. The second-order valence-corrected chi connectivity index (χ2v) is 7.93. The number of hydrogen-bond acceptors (Lipinski definition) is 6. The molecule has 6 nitrogen and oxygen atoms in total. The minimum atomic E-state index is -0.403. The third-order valence-corrected chi connectivity index (χ3v) is 5.96. The molecule has 0 aliphatic carbocycles. The van der Waals surface area contributed by atoms with Crippen LogP contribution in [0.5, 0.6) is 0 Å². The van der Waals surface area contributed by atoms with E-state index in [1.54, 1.807) is 6.07 Å². The van der Waals surface area contributed by atoms with E-state index in [0.717, 1.165) is 33.0 Å². The Hall–Kier alpha value is -3.03. The summed E-state index contributed by atoms with van der Waals surface area (Å²) in [5.41, 5.74) is 3.62. The molecule has 0 fully saturated rings. The molecule has 5 rings (SSSR count). The summed E-state index contributed by atoms with van der Waals surface area (Å²) in [5.74, 6) is 0.915. The summed E-state index contributed by atoms with van der Waals surface area (Å²) in [4.78, 5) is 15.1. The molecule has 0 bridgehead atoms. The van der Waals surface area contributed by atoms with Crippen molar-refractivity contribution in [2.24, 2.45) is 0 Å². The summed E-state index contributed by atoms with van der Waals surface area (Å²) in [7, 11) is 0. The minimum Gasteiger partial charge on any atom is -0.423 e. The maximum absolute atomic E-state index is 11.9. The molecular formula is C21H14ClN3O3S. The van der Waals surface area contributed by atoms with Crippen molar-refractivity contribution >= 4 is 45.2 Å². The van der Waals surface area contributed by atoms with Crippen LogP contribution in [0.1, 0.15) is 11.1 Å². The first-order valence-electron chi connectivity index (χ1n) is 8.84. The third-order valence-electron chi connectivity index (χ3n) is 4.69. The highest BCUT2D eigenvalue weighted by Gasteiger charge is 2.15. The lowest BCUT2D eigenvalue weighted by molar-refractivity contribution is 0.466. The Balaban J connectivity index is 1.44. The third kappa shape index (κ3) is 3.32. The Labute approximate surface area is 173 Å². The number of aromatic nitrogens is 3. The maximum Gasteiger partial charge on any atom is 0.336 e. The van der Waals surface area contributed by atoms with Crippen molar-refractivity contribution < 1.29 is 8.83 Å². The minimum absolute atomic E-state index is 0.403. The molecule has 0 saturated heterocycles. The van der Waals surface area contributed by atoms with Gasteiger partial charge in [-0.15, -0.1) is 10.2 Å². The van der Waals surface area contributed by atoms with Gasteiger partial charge in [0.05, 0.1) is 5.56 Å². The lowest BCUT2D eigenvalue weighted by Gasteiger charge is -2.06. The molecule has 2 aromatic carbocycles. The molecule has 0 aliphatic rings. The van der Waals surface area contributed by atoms with E-state index in [1.165, 1.54) is 17.8 Å². The lowest BCUT2D eigenvalue weighted by Crippen LogP contribution is -2.00. The highest BCUT2D eigenvalue weighted by Crippen LogP contribution is 2.32. The average molecular weight is 424 g/mol. The van der Waals surface area contributed by atoms with Gasteiger partial charge in [-0.2, -0.15) is 0 Å². The quantitative estimate of drug-likeness (QED) is 0.300. The Bertz CT molecular complexity index is 1420. The smallest absolute Gasteiger partial charge is 0.336 e. The van der Waals surface area contributed by atoms with Crippen molar-refractivity contribution in [1.82, 2.24) is 15.2 Å². The molecule has 0 spiro atoms. The van der Waals surface area contributed by atoms with Gasteiger partial charge < -0.3 is 13.8 Å². The van der Waals surface area contributed by atoms with Gasteiger partial charge in [-0.1, -0.05) is 41.6 Å². The molecule has 0 amide bonds. The van der Waals surface area contributed by atoms with Crippen LogP contribution in [-0.2, 0) is 5.75 Å². The van der Waals surface area contributed by atoms with E-state index in [0.29, 0.717) is 27.5 Å². The molecule has 29 heavy (non-hydrogen) atoms. The van der Waals surface area contributed by atoms with E-state index in [2.05, 4.69) is 15.2 Å². The van der Waals surface area contributed by atoms with Gasteiger partial charge in [0.15, 0.2) is 0 Å². The van der Waals surface area contributed by atoms with Crippen molar-refractivity contribution in [3.63, 3.8) is 0 Å². The number of fused-ring (bicyclic) bond motifs is 2.